The lowest BCUT2D eigenvalue weighted by Crippen LogP contribution is -2.36. The highest BCUT2D eigenvalue weighted by Crippen LogP contribution is 2.66. The normalized spacial score (nSPS) is 48.2. The zero-order valence-corrected chi connectivity index (χ0v) is 15.7. The molecule has 8 N–H and O–H groups in total. The van der Waals surface area contributed by atoms with Gasteiger partial charge in [-0.05, 0) is 6.04 Å². The molecule has 20 heteroatoms. The molecular weight excluding hydrogens is 467 g/mol. The molecule has 0 saturated carbocycles. The van der Waals surface area contributed by atoms with Crippen molar-refractivity contribution in [2.75, 3.05) is 12.3 Å². The van der Waals surface area contributed by atoms with Gasteiger partial charge in [-0.25, -0.2) is 18.5 Å². The average molecular weight is 497 g/mol. The Morgan fingerprint density at radius 3 is 2.72 bits per heavy atom. The molecule has 2 rings (SSSR count). The fourth-order valence-electron chi connectivity index (χ4n) is 1.45. The number of phosphoric ester groups is 1. The van der Waals surface area contributed by atoms with Gasteiger partial charge >= 0.3 is 29.2 Å². The quantitative estimate of drug-likeness (QED) is 0.142. The number of hydrogen-bond donors (Lipinski definition) is 7. The van der Waals surface area contributed by atoms with Gasteiger partial charge in [-0.1, -0.05) is 0 Å². The Kier molecular flexibility index (Phi) is 3.27. The number of aromatic nitrogens is 2. The van der Waals surface area contributed by atoms with E-state index in [0.29, 0.717) is 0 Å². The van der Waals surface area contributed by atoms with Gasteiger partial charge in [0.25, 0.3) is 0 Å². The van der Waals surface area contributed by atoms with E-state index in [9.17, 15) is 23.4 Å². The van der Waals surface area contributed by atoms with E-state index in [1.165, 1.54) is 0 Å². The van der Waals surface area contributed by atoms with Gasteiger partial charge in [-0.15, -0.1) is 0 Å². The second-order valence-electron chi connectivity index (χ2n) is 4.43. The van der Waals surface area contributed by atoms with Crippen molar-refractivity contribution in [3.63, 3.8) is 0 Å². The van der Waals surface area contributed by atoms with Crippen LogP contribution in [0.25, 0.3) is 0 Å². The second-order valence-corrected chi connectivity index (χ2v) is 8.68. The van der Waals surface area contributed by atoms with Crippen LogP contribution in [0, 0.1) is 0 Å². The molecule has 0 radical (unpaired) electrons. The van der Waals surface area contributed by atoms with Gasteiger partial charge in [0.2, 0.25) is 5.72 Å². The summed E-state index contributed by atoms with van der Waals surface area (Å²) < 4.78 is 159. The molecule has 2 heterocycles. The van der Waals surface area contributed by atoms with Crippen molar-refractivity contribution in [3.8, 4) is 0 Å². The molecule has 1 aliphatic rings. The number of hydrogen-bond acceptors (Lipinski definition) is 14. The summed E-state index contributed by atoms with van der Waals surface area (Å²) in [6, 6.07) is -1.34. The van der Waals surface area contributed by atoms with Gasteiger partial charge in [0.1, 0.15) is 24.1 Å². The number of nitrogen functional groups attached to an aromatic ring is 1. The molecule has 0 bridgehead atoms. The van der Waals surface area contributed by atoms with Gasteiger partial charge in [-0.3, -0.25) is 9.09 Å². The lowest BCUT2D eigenvalue weighted by Gasteiger charge is -2.19. The largest absolute Gasteiger partial charge is 0.490 e. The highest BCUT2D eigenvalue weighted by molar-refractivity contribution is 7.66. The number of nitrogens with two attached hydrogens (primary N) is 1. The number of anilines is 1. The van der Waals surface area contributed by atoms with E-state index in [0.717, 1.165) is 0 Å². The predicted octanol–water partition coefficient (Wildman–Crippen LogP) is -2.21. The van der Waals surface area contributed by atoms with Crippen molar-refractivity contribution in [3.05, 3.63) is 22.7 Å². The summed E-state index contributed by atoms with van der Waals surface area (Å²) in [7, 11) is -18.5. The smallest absolute Gasteiger partial charge is 0.387 e. The first-order valence-electron chi connectivity index (χ1n) is 12.8. The summed E-state index contributed by atoms with van der Waals surface area (Å²) in [4.78, 5) is 40.7. The van der Waals surface area contributed by atoms with Gasteiger partial charge in [0, 0.05) is 6.17 Å². The minimum atomic E-state index is -6.41. The van der Waals surface area contributed by atoms with Crippen LogP contribution in [0.2, 0.25) is 2.82 Å². The van der Waals surface area contributed by atoms with Gasteiger partial charge in [0.05, 0.1) is 17.5 Å². The molecule has 1 aliphatic heterocycles. The van der Waals surface area contributed by atoms with Crippen LogP contribution in [0.5, 0.6) is 0 Å². The van der Waals surface area contributed by atoms with E-state index in [1.807, 2.05) is 0 Å². The lowest BCUT2D eigenvalue weighted by molar-refractivity contribution is -0.0541. The van der Waals surface area contributed by atoms with E-state index in [-0.39, 0.29) is 0 Å². The molecule has 17 nitrogen and oxygen atoms in total. The van der Waals surface area contributed by atoms with Crippen LogP contribution in [-0.4, -0.2) is 69.9 Å². The van der Waals surface area contributed by atoms with Crippen molar-refractivity contribution in [1.82, 2.24) is 9.55 Å². The maximum atomic E-state index is 12.7. The first-order valence-corrected chi connectivity index (χ1v) is 10.7. The number of aliphatic hydroxyl groups is 2. The highest BCUT2D eigenvalue weighted by atomic mass is 31.3. The topological polar surface area (TPSA) is 270 Å². The molecule has 29 heavy (non-hydrogen) atoms. The standard InChI is InChI=1S/C9H16N3O14P3/c10-5-1-2-12(9(15)11-5)8-7(14)6(13)4(24-8)3-23-28(19,20)26-29(21,22)25-27(16,17)18/h1-2,4,6-8,13-14H,3H2,(H,19,20)(H,21,22)(H2,10,11,15)(H2,16,17,18)/t4-,6?,7-,8-/m1/s1/i1D,2D,3D2,4D,6D,7D,8D,13D,14D/hD4. The molecule has 166 valence electrons. The minimum absolute atomic E-state index is 0.441. The van der Waals surface area contributed by atoms with E-state index >= 15 is 0 Å². The maximum Gasteiger partial charge on any atom is 0.490 e. The Labute approximate surface area is 180 Å². The molecule has 4 unspecified atom stereocenters. The molecule has 0 aliphatic carbocycles. The summed E-state index contributed by atoms with van der Waals surface area (Å²) in [6.45, 7) is -4.63. The van der Waals surface area contributed by atoms with Crippen molar-refractivity contribution in [1.29, 1.82) is 5.72 Å². The Morgan fingerprint density at radius 2 is 2.10 bits per heavy atom. The number of rotatable bonds is 13. The summed E-state index contributed by atoms with van der Waals surface area (Å²) in [5.74, 6) is -1.16. The lowest BCUT2D eigenvalue weighted by atomic mass is 10.1. The molecule has 1 saturated heterocycles. The second kappa shape index (κ2) is 8.61. The molecule has 0 spiro atoms. The summed E-state index contributed by atoms with van der Waals surface area (Å²) in [5.41, 5.74) is -2.43. The molecule has 0 amide bonds. The third kappa shape index (κ3) is 6.73. The van der Waals surface area contributed by atoms with Crippen LogP contribution in [0.1, 0.15) is 17.2 Å². The fraction of sp³-hybridized carbons (Fsp3) is 0.556. The van der Waals surface area contributed by atoms with Crippen molar-refractivity contribution < 1.29 is 75.2 Å². The highest BCUT2D eigenvalue weighted by Gasteiger charge is 2.46. The van der Waals surface area contributed by atoms with Crippen molar-refractivity contribution >= 4 is 29.3 Å². The monoisotopic (exact) mass is 497 g/mol. The van der Waals surface area contributed by atoms with Crippen LogP contribution in [-0.2, 0) is 31.6 Å². The van der Waals surface area contributed by atoms with Crippen molar-refractivity contribution in [2.45, 2.75) is 24.4 Å². The number of nitrogens with zero attached hydrogens (tertiary/aromatic N) is 2. The van der Waals surface area contributed by atoms with Gasteiger partial charge in [-0.2, -0.15) is 13.6 Å². The SMILES string of the molecule is [2H]OC1([2H])[C@@]([2H])(C([2H])([2H])OP(=O)(O[2H])OP(=O)(O)OP(=O)(O)O[2H])O[C@@]([2H])(n2c([2H])c([2H])c(N([2H])[2H])nc2=O)[C@]1([2H])O[2H]. The van der Waals surface area contributed by atoms with Crippen LogP contribution in [0.3, 0.4) is 0 Å². The van der Waals surface area contributed by atoms with E-state index in [4.69, 9.17) is 29.1 Å². The molecule has 1 aromatic heterocycles. The molecular formula is C9H16N3O14P3. The summed E-state index contributed by atoms with van der Waals surface area (Å²) >= 11 is 0. The van der Waals surface area contributed by atoms with E-state index in [2.05, 4.69) is 38.1 Å². The fourth-order valence-corrected chi connectivity index (χ4v) is 4.22. The summed E-state index contributed by atoms with van der Waals surface area (Å²) in [6.07, 6.45) is -18.9. The van der Waals surface area contributed by atoms with Gasteiger partial charge in [0.15, 0.2) is 9.03 Å². The Hall–Kier alpha value is -1.03. The zero-order chi connectivity index (χ0) is 33.8. The van der Waals surface area contributed by atoms with Crippen LogP contribution in [0.4, 0.5) is 5.82 Å². The number of ether oxygens (including phenoxy) is 1. The Balaban J connectivity index is 2.80. The third-order valence-corrected chi connectivity index (χ3v) is 5.93. The predicted molar refractivity (Wildman–Crippen MR) is 88.6 cm³/mol. The van der Waals surface area contributed by atoms with Gasteiger partial charge < -0.3 is 40.3 Å². The molecule has 0 aromatic carbocycles. The minimum Gasteiger partial charge on any atom is -0.387 e. The maximum absolute atomic E-state index is 12.7. The Morgan fingerprint density at radius 1 is 1.34 bits per heavy atom. The van der Waals surface area contributed by atoms with Crippen LogP contribution in [0.15, 0.2) is 17.0 Å². The third-order valence-electron chi connectivity index (χ3n) is 2.34. The van der Waals surface area contributed by atoms with E-state index < -0.39 is 88.5 Å². The zero-order valence-electron chi connectivity index (χ0n) is 27.0. The summed E-state index contributed by atoms with van der Waals surface area (Å²) in [5, 5.41) is 7.84. The molecule has 7 atom stereocenters. The first-order chi connectivity index (χ1) is 19.2. The van der Waals surface area contributed by atoms with Crippen LogP contribution < -0.4 is 11.4 Å². The molecule has 1 fully saturated rings. The Bertz CT molecular complexity index is 1460. The average Bonchev–Trinajstić information content (AvgIpc) is 3.01. The van der Waals surface area contributed by atoms with E-state index in [1.54, 1.807) is 0 Å². The molecule has 1 aromatic rings. The number of phosphoric acid groups is 3. The van der Waals surface area contributed by atoms with Crippen LogP contribution >= 0.6 is 23.5 Å². The van der Waals surface area contributed by atoms with Crippen molar-refractivity contribution in [2.24, 2.45) is 0 Å². The first kappa shape index (κ1) is 11.0.